The first-order chi connectivity index (χ1) is 15.3. The molecule has 31 heavy (non-hydrogen) atoms. The molecule has 0 spiro atoms. The summed E-state index contributed by atoms with van der Waals surface area (Å²) >= 11 is 0. The van der Waals surface area contributed by atoms with Crippen LogP contribution in [0.3, 0.4) is 0 Å². The Kier molecular flexibility index (Phi) is 5.30. The standard InChI is InChI=1S/C23H25N7O/c1-3-18-26-19-22(29-12-14-31-15-13-29)27-21(28-23(19)30(18)4-2)17-10-11-24-20(25-17)16-8-6-5-7-9-16/h3,6,8-11H,1,4-5,7,12-15H2,2H3. The maximum absolute atomic E-state index is 5.54. The number of imidazole rings is 1. The molecule has 1 saturated heterocycles. The summed E-state index contributed by atoms with van der Waals surface area (Å²) in [5, 5.41) is 0. The highest BCUT2D eigenvalue weighted by molar-refractivity contribution is 5.87. The molecule has 5 rings (SSSR count). The summed E-state index contributed by atoms with van der Waals surface area (Å²) < 4.78 is 7.60. The second-order valence-corrected chi connectivity index (χ2v) is 7.47. The van der Waals surface area contributed by atoms with Gasteiger partial charge in [0.15, 0.2) is 28.6 Å². The predicted molar refractivity (Wildman–Crippen MR) is 121 cm³/mol. The van der Waals surface area contributed by atoms with Crippen molar-refractivity contribution in [3.05, 3.63) is 48.7 Å². The van der Waals surface area contributed by atoms with E-state index in [1.807, 2.05) is 6.07 Å². The maximum atomic E-state index is 5.54. The lowest BCUT2D eigenvalue weighted by Gasteiger charge is -2.28. The van der Waals surface area contributed by atoms with E-state index in [9.17, 15) is 0 Å². The molecular formula is C23H25N7O. The highest BCUT2D eigenvalue weighted by Gasteiger charge is 2.23. The molecule has 8 heteroatoms. The number of fused-ring (bicyclic) bond motifs is 1. The molecule has 3 aromatic heterocycles. The third kappa shape index (κ3) is 3.63. The van der Waals surface area contributed by atoms with Gasteiger partial charge in [0.25, 0.3) is 0 Å². The number of anilines is 1. The van der Waals surface area contributed by atoms with Crippen LogP contribution in [-0.2, 0) is 11.3 Å². The van der Waals surface area contributed by atoms with Gasteiger partial charge in [0, 0.05) is 31.4 Å². The summed E-state index contributed by atoms with van der Waals surface area (Å²) in [7, 11) is 0. The van der Waals surface area contributed by atoms with Crippen LogP contribution in [0.4, 0.5) is 5.82 Å². The van der Waals surface area contributed by atoms with Gasteiger partial charge in [0.05, 0.1) is 13.2 Å². The number of hydrogen-bond acceptors (Lipinski definition) is 7. The van der Waals surface area contributed by atoms with Crippen LogP contribution in [0, 0.1) is 0 Å². The van der Waals surface area contributed by atoms with Gasteiger partial charge in [0.2, 0.25) is 0 Å². The van der Waals surface area contributed by atoms with Crippen LogP contribution in [0.1, 0.15) is 31.4 Å². The topological polar surface area (TPSA) is 81.8 Å². The lowest BCUT2D eigenvalue weighted by Crippen LogP contribution is -2.37. The Morgan fingerprint density at radius 1 is 1.10 bits per heavy atom. The molecule has 0 amide bonds. The van der Waals surface area contributed by atoms with Crippen molar-refractivity contribution >= 4 is 28.6 Å². The van der Waals surface area contributed by atoms with E-state index in [1.54, 1.807) is 12.3 Å². The molecule has 0 unspecified atom stereocenters. The molecule has 4 heterocycles. The summed E-state index contributed by atoms with van der Waals surface area (Å²) in [5.41, 5.74) is 3.32. The van der Waals surface area contributed by atoms with Crippen LogP contribution in [0.2, 0.25) is 0 Å². The van der Waals surface area contributed by atoms with Crippen LogP contribution >= 0.6 is 0 Å². The average Bonchev–Trinajstić information content (AvgIpc) is 3.22. The summed E-state index contributed by atoms with van der Waals surface area (Å²) in [5.74, 6) is 2.87. The van der Waals surface area contributed by atoms with E-state index in [0.717, 1.165) is 60.9 Å². The Hall–Kier alpha value is -3.39. The van der Waals surface area contributed by atoms with Crippen LogP contribution in [-0.4, -0.2) is 55.8 Å². The molecule has 158 valence electrons. The summed E-state index contributed by atoms with van der Waals surface area (Å²) in [6.45, 7) is 9.61. The first-order valence-electron chi connectivity index (χ1n) is 10.7. The van der Waals surface area contributed by atoms with Crippen molar-refractivity contribution in [2.45, 2.75) is 26.3 Å². The molecule has 1 fully saturated rings. The van der Waals surface area contributed by atoms with Gasteiger partial charge < -0.3 is 14.2 Å². The van der Waals surface area contributed by atoms with Gasteiger partial charge in [-0.3, -0.25) is 0 Å². The number of aryl methyl sites for hydroxylation is 1. The van der Waals surface area contributed by atoms with Crippen LogP contribution < -0.4 is 4.90 Å². The highest BCUT2D eigenvalue weighted by atomic mass is 16.5. The molecule has 3 aromatic rings. The lowest BCUT2D eigenvalue weighted by molar-refractivity contribution is 0.122. The number of morpholine rings is 1. The number of hydrogen-bond donors (Lipinski definition) is 0. The second-order valence-electron chi connectivity index (χ2n) is 7.47. The van der Waals surface area contributed by atoms with Crippen molar-refractivity contribution in [2.24, 2.45) is 0 Å². The Morgan fingerprint density at radius 3 is 2.71 bits per heavy atom. The van der Waals surface area contributed by atoms with E-state index in [0.29, 0.717) is 30.6 Å². The van der Waals surface area contributed by atoms with Crippen LogP contribution in [0.5, 0.6) is 0 Å². The zero-order valence-corrected chi connectivity index (χ0v) is 17.7. The molecule has 0 atom stereocenters. The number of aromatic nitrogens is 6. The zero-order chi connectivity index (χ0) is 21.2. The van der Waals surface area contributed by atoms with Gasteiger partial charge in [-0.05, 0) is 31.9 Å². The molecule has 2 aliphatic rings. The van der Waals surface area contributed by atoms with Crippen molar-refractivity contribution < 1.29 is 4.74 Å². The Morgan fingerprint density at radius 2 is 1.97 bits per heavy atom. The van der Waals surface area contributed by atoms with Crippen molar-refractivity contribution in [1.82, 2.24) is 29.5 Å². The van der Waals surface area contributed by atoms with E-state index in [-0.39, 0.29) is 0 Å². The van der Waals surface area contributed by atoms with E-state index < -0.39 is 0 Å². The fraction of sp³-hybridized carbons (Fsp3) is 0.348. The summed E-state index contributed by atoms with van der Waals surface area (Å²) in [6.07, 6.45) is 12.0. The Balaban J connectivity index is 1.67. The highest BCUT2D eigenvalue weighted by Crippen LogP contribution is 2.29. The van der Waals surface area contributed by atoms with E-state index >= 15 is 0 Å². The zero-order valence-electron chi connectivity index (χ0n) is 17.7. The third-order valence-electron chi connectivity index (χ3n) is 5.55. The monoisotopic (exact) mass is 415 g/mol. The minimum Gasteiger partial charge on any atom is -0.378 e. The normalized spacial score (nSPS) is 16.5. The molecule has 0 radical (unpaired) electrons. The molecule has 0 saturated carbocycles. The minimum atomic E-state index is 0.572. The number of nitrogens with zero attached hydrogens (tertiary/aromatic N) is 7. The quantitative estimate of drug-likeness (QED) is 0.631. The Labute approximate surface area is 181 Å². The van der Waals surface area contributed by atoms with Crippen molar-refractivity contribution in [3.63, 3.8) is 0 Å². The number of allylic oxidation sites excluding steroid dienone is 4. The van der Waals surface area contributed by atoms with Gasteiger partial charge in [-0.2, -0.15) is 0 Å². The molecule has 0 bridgehead atoms. The first-order valence-corrected chi connectivity index (χ1v) is 10.7. The minimum absolute atomic E-state index is 0.572. The fourth-order valence-electron chi connectivity index (χ4n) is 3.98. The lowest BCUT2D eigenvalue weighted by atomic mass is 10.1. The molecule has 1 aliphatic carbocycles. The summed E-state index contributed by atoms with van der Waals surface area (Å²) in [4.78, 5) is 26.1. The predicted octanol–water partition coefficient (Wildman–Crippen LogP) is 3.52. The van der Waals surface area contributed by atoms with Crippen molar-refractivity contribution in [2.75, 3.05) is 31.2 Å². The van der Waals surface area contributed by atoms with Crippen LogP contribution in [0.25, 0.3) is 34.3 Å². The Bertz CT molecular complexity index is 1190. The molecule has 1 aliphatic heterocycles. The van der Waals surface area contributed by atoms with Gasteiger partial charge in [-0.15, -0.1) is 0 Å². The second kappa shape index (κ2) is 8.39. The smallest absolute Gasteiger partial charge is 0.182 e. The molecular weight excluding hydrogens is 390 g/mol. The molecule has 0 aromatic carbocycles. The van der Waals surface area contributed by atoms with Crippen molar-refractivity contribution in [3.8, 4) is 11.5 Å². The number of rotatable bonds is 5. The van der Waals surface area contributed by atoms with Gasteiger partial charge in [-0.1, -0.05) is 24.8 Å². The molecule has 0 N–H and O–H groups in total. The SMILES string of the molecule is C=Cc1nc2c(N3CCOCC3)nc(-c3ccnc(C4=CCCC=C4)n3)nc2n1CC. The van der Waals surface area contributed by atoms with E-state index in [1.165, 1.54) is 0 Å². The largest absolute Gasteiger partial charge is 0.378 e. The van der Waals surface area contributed by atoms with Gasteiger partial charge in [-0.25, -0.2) is 24.9 Å². The van der Waals surface area contributed by atoms with E-state index in [2.05, 4.69) is 46.2 Å². The summed E-state index contributed by atoms with van der Waals surface area (Å²) in [6, 6.07) is 1.86. The van der Waals surface area contributed by atoms with Crippen LogP contribution in [0.15, 0.2) is 37.1 Å². The first kappa shape index (κ1) is 19.6. The van der Waals surface area contributed by atoms with Gasteiger partial charge in [0.1, 0.15) is 11.5 Å². The number of ether oxygens (including phenoxy) is 1. The molecule has 8 nitrogen and oxygen atoms in total. The maximum Gasteiger partial charge on any atom is 0.182 e. The van der Waals surface area contributed by atoms with E-state index in [4.69, 9.17) is 24.7 Å². The third-order valence-corrected chi connectivity index (χ3v) is 5.55. The van der Waals surface area contributed by atoms with Gasteiger partial charge >= 0.3 is 0 Å². The fourth-order valence-corrected chi connectivity index (χ4v) is 3.98. The average molecular weight is 416 g/mol. The van der Waals surface area contributed by atoms with Crippen molar-refractivity contribution in [1.29, 1.82) is 0 Å².